The van der Waals surface area contributed by atoms with Gasteiger partial charge in [-0.1, -0.05) is 18.2 Å². The third-order valence-corrected chi connectivity index (χ3v) is 2.54. The zero-order chi connectivity index (χ0) is 12.6. The number of fused-ring (bicyclic) bond motifs is 1. The van der Waals surface area contributed by atoms with Crippen LogP contribution in [0.5, 0.6) is 0 Å². The average molecular weight is 231 g/mol. The fourth-order valence-corrected chi connectivity index (χ4v) is 1.79. The van der Waals surface area contributed by atoms with E-state index in [1.165, 1.54) is 12.1 Å². The van der Waals surface area contributed by atoms with Crippen LogP contribution in [0.2, 0.25) is 0 Å². The molecule has 0 aliphatic carbocycles. The molecule has 0 aromatic heterocycles. The Morgan fingerprint density at radius 2 is 1.65 bits per heavy atom. The minimum atomic E-state index is -1.28. The molecule has 0 atom stereocenters. The van der Waals surface area contributed by atoms with Crippen molar-refractivity contribution in [3.63, 3.8) is 0 Å². The van der Waals surface area contributed by atoms with Gasteiger partial charge in [-0.2, -0.15) is 0 Å². The summed E-state index contributed by atoms with van der Waals surface area (Å²) in [7, 11) is 0. The number of nitrogens with two attached hydrogens (primary N) is 1. The van der Waals surface area contributed by atoms with Crippen LogP contribution < -0.4 is 5.73 Å². The van der Waals surface area contributed by atoms with Gasteiger partial charge in [0.1, 0.15) is 0 Å². The second-order valence-corrected chi connectivity index (χ2v) is 3.54. The first-order chi connectivity index (χ1) is 8.02. The van der Waals surface area contributed by atoms with Crippen molar-refractivity contribution < 1.29 is 19.8 Å². The Balaban J connectivity index is 2.94. The van der Waals surface area contributed by atoms with E-state index in [0.29, 0.717) is 16.5 Å². The summed E-state index contributed by atoms with van der Waals surface area (Å²) >= 11 is 0. The largest absolute Gasteiger partial charge is 0.478 e. The highest BCUT2D eigenvalue weighted by Gasteiger charge is 2.19. The van der Waals surface area contributed by atoms with Crippen molar-refractivity contribution >= 4 is 28.4 Å². The average Bonchev–Trinajstić information content (AvgIpc) is 2.27. The summed E-state index contributed by atoms with van der Waals surface area (Å²) < 4.78 is 0. The number of carboxylic acid groups (broad SMARTS) is 2. The Bertz CT molecular complexity index is 634. The minimum Gasteiger partial charge on any atom is -0.478 e. The molecule has 0 heterocycles. The van der Waals surface area contributed by atoms with Gasteiger partial charge in [-0.15, -0.1) is 0 Å². The molecule has 2 rings (SSSR count). The van der Waals surface area contributed by atoms with Crippen LogP contribution in [0.25, 0.3) is 10.8 Å². The molecule has 0 saturated carbocycles. The van der Waals surface area contributed by atoms with Crippen LogP contribution in [0.3, 0.4) is 0 Å². The van der Waals surface area contributed by atoms with Crippen molar-refractivity contribution in [2.45, 2.75) is 0 Å². The molecule has 0 spiro atoms. The SMILES string of the molecule is Nc1cccc2c(C(=O)O)c(C(=O)O)ccc12. The highest BCUT2D eigenvalue weighted by molar-refractivity contribution is 6.13. The van der Waals surface area contributed by atoms with Crippen LogP contribution in [0.1, 0.15) is 20.7 Å². The van der Waals surface area contributed by atoms with Crippen molar-refractivity contribution in [1.29, 1.82) is 0 Å². The lowest BCUT2D eigenvalue weighted by atomic mass is 9.98. The maximum Gasteiger partial charge on any atom is 0.337 e. The molecule has 0 saturated heterocycles. The number of rotatable bonds is 2. The molecule has 0 unspecified atom stereocenters. The smallest absolute Gasteiger partial charge is 0.337 e. The third-order valence-electron chi connectivity index (χ3n) is 2.54. The quantitative estimate of drug-likeness (QED) is 0.684. The first-order valence-corrected chi connectivity index (χ1v) is 4.80. The van der Waals surface area contributed by atoms with Crippen LogP contribution >= 0.6 is 0 Å². The summed E-state index contributed by atoms with van der Waals surface area (Å²) in [5.74, 6) is -2.55. The number of benzene rings is 2. The molecular formula is C12H9NO4. The zero-order valence-corrected chi connectivity index (χ0v) is 8.68. The topological polar surface area (TPSA) is 101 Å². The fraction of sp³-hybridized carbons (Fsp3) is 0. The summed E-state index contributed by atoms with van der Waals surface area (Å²) in [6.45, 7) is 0. The van der Waals surface area contributed by atoms with Crippen LogP contribution in [-0.4, -0.2) is 22.2 Å². The van der Waals surface area contributed by atoms with Gasteiger partial charge in [-0.25, -0.2) is 9.59 Å². The number of carbonyl (C=O) groups is 2. The van der Waals surface area contributed by atoms with E-state index in [-0.39, 0.29) is 11.1 Å². The van der Waals surface area contributed by atoms with E-state index >= 15 is 0 Å². The van der Waals surface area contributed by atoms with Gasteiger partial charge in [0.15, 0.2) is 0 Å². The highest BCUT2D eigenvalue weighted by atomic mass is 16.4. The standard InChI is InChI=1S/C12H9NO4/c13-9-3-1-2-7-6(9)4-5-8(11(14)15)10(7)12(16)17/h1-5H,13H2,(H,14,15)(H,16,17). The first kappa shape index (κ1) is 10.9. The predicted molar refractivity (Wildman–Crippen MR) is 62.3 cm³/mol. The van der Waals surface area contributed by atoms with Crippen LogP contribution in [0.4, 0.5) is 5.69 Å². The molecule has 0 amide bonds. The Kier molecular flexibility index (Phi) is 2.44. The van der Waals surface area contributed by atoms with Gasteiger partial charge in [-0.3, -0.25) is 0 Å². The van der Waals surface area contributed by atoms with Gasteiger partial charge in [0.2, 0.25) is 0 Å². The Morgan fingerprint density at radius 1 is 0.941 bits per heavy atom. The molecule has 17 heavy (non-hydrogen) atoms. The molecule has 0 aliphatic rings. The van der Waals surface area contributed by atoms with Crippen molar-refractivity contribution in [3.8, 4) is 0 Å². The van der Waals surface area contributed by atoms with Crippen molar-refractivity contribution in [2.24, 2.45) is 0 Å². The summed E-state index contributed by atoms with van der Waals surface area (Å²) in [4.78, 5) is 22.1. The van der Waals surface area contributed by atoms with E-state index in [0.717, 1.165) is 0 Å². The van der Waals surface area contributed by atoms with E-state index in [4.69, 9.17) is 15.9 Å². The van der Waals surface area contributed by atoms with Crippen molar-refractivity contribution in [3.05, 3.63) is 41.5 Å². The Hall–Kier alpha value is -2.56. The van der Waals surface area contributed by atoms with Gasteiger partial charge in [0.25, 0.3) is 0 Å². The van der Waals surface area contributed by atoms with Crippen LogP contribution in [-0.2, 0) is 0 Å². The van der Waals surface area contributed by atoms with Gasteiger partial charge in [-0.05, 0) is 17.5 Å². The maximum atomic E-state index is 11.1. The fourth-order valence-electron chi connectivity index (χ4n) is 1.79. The molecule has 2 aromatic rings. The highest BCUT2D eigenvalue weighted by Crippen LogP contribution is 2.27. The number of hydrogen-bond donors (Lipinski definition) is 3. The van der Waals surface area contributed by atoms with Gasteiger partial charge in [0.05, 0.1) is 11.1 Å². The number of nitrogen functional groups attached to an aromatic ring is 1. The molecule has 4 N–H and O–H groups in total. The minimum absolute atomic E-state index is 0.234. The Labute approximate surface area is 96.1 Å². The molecule has 86 valence electrons. The van der Waals surface area contributed by atoms with E-state index in [2.05, 4.69) is 0 Å². The van der Waals surface area contributed by atoms with Gasteiger partial charge >= 0.3 is 11.9 Å². The Morgan fingerprint density at radius 3 is 2.24 bits per heavy atom. The summed E-state index contributed by atoms with van der Waals surface area (Å²) in [6, 6.07) is 7.54. The molecule has 0 aliphatic heterocycles. The van der Waals surface area contributed by atoms with E-state index in [1.54, 1.807) is 18.2 Å². The van der Waals surface area contributed by atoms with Crippen molar-refractivity contribution in [1.82, 2.24) is 0 Å². The lowest BCUT2D eigenvalue weighted by molar-refractivity contribution is 0.0653. The van der Waals surface area contributed by atoms with E-state index in [9.17, 15) is 9.59 Å². The molecular weight excluding hydrogens is 222 g/mol. The lowest BCUT2D eigenvalue weighted by Gasteiger charge is -2.08. The van der Waals surface area contributed by atoms with Crippen LogP contribution in [0, 0.1) is 0 Å². The molecule has 0 bridgehead atoms. The molecule has 5 nitrogen and oxygen atoms in total. The predicted octanol–water partition coefficient (Wildman–Crippen LogP) is 1.82. The third kappa shape index (κ3) is 1.67. The van der Waals surface area contributed by atoms with Gasteiger partial charge < -0.3 is 15.9 Å². The van der Waals surface area contributed by atoms with Crippen molar-refractivity contribution in [2.75, 3.05) is 5.73 Å². The number of carboxylic acids is 2. The molecule has 0 fully saturated rings. The summed E-state index contributed by atoms with van der Waals surface area (Å²) in [6.07, 6.45) is 0. The number of aromatic carboxylic acids is 2. The van der Waals surface area contributed by atoms with Gasteiger partial charge in [0, 0.05) is 11.1 Å². The molecule has 0 radical (unpaired) electrons. The van der Waals surface area contributed by atoms with E-state index < -0.39 is 11.9 Å². The first-order valence-electron chi connectivity index (χ1n) is 4.80. The molecule has 5 heteroatoms. The normalized spacial score (nSPS) is 10.4. The zero-order valence-electron chi connectivity index (χ0n) is 8.68. The number of hydrogen-bond acceptors (Lipinski definition) is 3. The lowest BCUT2D eigenvalue weighted by Crippen LogP contribution is -2.09. The monoisotopic (exact) mass is 231 g/mol. The second-order valence-electron chi connectivity index (χ2n) is 3.54. The summed E-state index contributed by atoms with van der Waals surface area (Å²) in [5, 5.41) is 18.9. The number of anilines is 1. The maximum absolute atomic E-state index is 11.1. The van der Waals surface area contributed by atoms with E-state index in [1.807, 2.05) is 0 Å². The second kappa shape index (κ2) is 3.79. The van der Waals surface area contributed by atoms with Crippen LogP contribution in [0.15, 0.2) is 30.3 Å². The molecule has 2 aromatic carbocycles. The summed E-state index contributed by atoms with van der Waals surface area (Å²) in [5.41, 5.74) is 5.66.